The molecule has 3 aliphatic rings. The highest BCUT2D eigenvalue weighted by atomic mass is 16.5. The van der Waals surface area contributed by atoms with Crippen LogP contribution in [0, 0.1) is 23.7 Å². The van der Waals surface area contributed by atoms with Gasteiger partial charge in [-0.05, 0) is 144 Å². The van der Waals surface area contributed by atoms with Crippen LogP contribution in [0.4, 0.5) is 0 Å². The Morgan fingerprint density at radius 2 is 0.816 bits per heavy atom. The first-order valence-corrected chi connectivity index (χ1v) is 30.9. The smallest absolute Gasteiger partial charge is 0.302 e. The van der Waals surface area contributed by atoms with E-state index in [1.165, 1.54) is 90.9 Å². The number of amides is 12. The summed E-state index contributed by atoms with van der Waals surface area (Å²) in [6.45, 7) is 31.3. The Balaban J connectivity index is 1.66. The number of rotatable bonds is 29. The number of carbonyl (C=O) groups excluding carboxylic acids is 13. The van der Waals surface area contributed by atoms with Gasteiger partial charge in [-0.25, -0.2) is 0 Å². The maximum absolute atomic E-state index is 14.4. The van der Waals surface area contributed by atoms with Crippen molar-refractivity contribution in [3.05, 3.63) is 0 Å². The van der Waals surface area contributed by atoms with Gasteiger partial charge in [-0.15, -0.1) is 0 Å². The summed E-state index contributed by atoms with van der Waals surface area (Å²) in [5.41, 5.74) is -6.30. The minimum absolute atomic E-state index is 0.0339. The zero-order valence-electron chi connectivity index (χ0n) is 55.2. The van der Waals surface area contributed by atoms with E-state index in [-0.39, 0.29) is 69.2 Å². The van der Waals surface area contributed by atoms with Crippen LogP contribution in [0.25, 0.3) is 0 Å². The summed E-state index contributed by atoms with van der Waals surface area (Å²) in [5, 5.41) is 24.7. The summed E-state index contributed by atoms with van der Waals surface area (Å²) in [6, 6.07) is -7.75. The molecule has 12 amide bonds. The van der Waals surface area contributed by atoms with E-state index in [1.807, 2.05) is 41.5 Å². The van der Waals surface area contributed by atoms with Crippen molar-refractivity contribution in [1.29, 1.82) is 0 Å². The van der Waals surface area contributed by atoms with Crippen LogP contribution in [0.15, 0.2) is 0 Å². The number of hydrogen-bond donors (Lipinski definition) is 9. The average Bonchev–Trinajstić information content (AvgIpc) is 2.07. The molecule has 0 spiro atoms. The van der Waals surface area contributed by atoms with Gasteiger partial charge < -0.3 is 67.3 Å². The maximum Gasteiger partial charge on any atom is 0.302 e. The third-order valence-corrected chi connectivity index (χ3v) is 15.7. The topological polar surface area (TPSA) is 349 Å². The molecule has 3 rings (SSSR count). The van der Waals surface area contributed by atoms with Gasteiger partial charge in [0.15, 0.2) is 0 Å². The summed E-state index contributed by atoms with van der Waals surface area (Å²) in [6.07, 6.45) is 3.16. The Bertz CT molecular complexity index is 2550. The van der Waals surface area contributed by atoms with Crippen molar-refractivity contribution >= 4 is 76.9 Å². The molecule has 3 fully saturated rings. The lowest BCUT2D eigenvalue weighted by Crippen LogP contribution is -2.65. The summed E-state index contributed by atoms with van der Waals surface area (Å²) in [7, 11) is 0. The molecular formula is C61H104N12O14. The van der Waals surface area contributed by atoms with Gasteiger partial charge in [-0.3, -0.25) is 62.3 Å². The van der Waals surface area contributed by atoms with Gasteiger partial charge >= 0.3 is 5.97 Å². The second-order valence-electron chi connectivity index (χ2n) is 27.6. The van der Waals surface area contributed by atoms with E-state index in [2.05, 4.69) is 47.9 Å². The third kappa shape index (κ3) is 21.4. The van der Waals surface area contributed by atoms with Crippen molar-refractivity contribution in [2.24, 2.45) is 23.7 Å². The quantitative estimate of drug-likeness (QED) is 0.0478. The van der Waals surface area contributed by atoms with Crippen molar-refractivity contribution in [3.63, 3.8) is 0 Å². The van der Waals surface area contributed by atoms with E-state index in [9.17, 15) is 62.3 Å². The van der Waals surface area contributed by atoms with Crippen molar-refractivity contribution in [2.75, 3.05) is 26.2 Å². The van der Waals surface area contributed by atoms with Gasteiger partial charge in [0.25, 0.3) is 0 Å². The second kappa shape index (κ2) is 31.3. The fraction of sp³-hybridized carbons (Fsp3) is 0.787. The molecule has 0 aromatic rings. The Hall–Kier alpha value is -6.89. The third-order valence-electron chi connectivity index (χ3n) is 15.7. The monoisotopic (exact) mass is 1230 g/mol. The normalized spacial score (nSPS) is 19.1. The predicted molar refractivity (Wildman–Crippen MR) is 324 cm³/mol. The number of hydrogen-bond acceptors (Lipinski definition) is 14. The first kappa shape index (κ1) is 74.4. The van der Waals surface area contributed by atoms with E-state index in [0.717, 1.165) is 0 Å². The van der Waals surface area contributed by atoms with Gasteiger partial charge in [0.2, 0.25) is 70.9 Å². The highest BCUT2D eigenvalue weighted by Crippen LogP contribution is 2.27. The van der Waals surface area contributed by atoms with Crippen LogP contribution in [-0.2, 0) is 67.1 Å². The standard InChI is InChI=1S/C61H104N12O14/c1-33(2)29-40(32-87-39(11)75)64-53(82)46(36(7)8)66-51(80)44-24-21-27-72(44)55(84)59(14,15)67-47(76)37(9)62-50(79)43-23-20-26-71(43)56(85)60(16,17)69-49(78)42(31-35(5)6)65-54(83)58(12,13)70-52(81)45-25-22-28-73(45)57(86)61(18,19)68-48(77)41(30-34(3)4)63-38(10)74/h33-37,40-46H,20-32H2,1-19H3,(H,62,79)(H,63,74)(H,64,82)(H,65,83)(H,66,80)(H,67,76)(H,68,77)(H,69,78)(H,70,81)/t37-,40-,41-,42-,43-,44-,45-,46-/m0/s1. The number of carbonyl (C=O) groups is 13. The molecule has 3 heterocycles. The van der Waals surface area contributed by atoms with Crippen LogP contribution >= 0.6 is 0 Å². The minimum atomic E-state index is -1.63. The molecular weight excluding hydrogens is 1120 g/mol. The molecule has 0 aliphatic carbocycles. The summed E-state index contributed by atoms with van der Waals surface area (Å²) < 4.78 is 5.18. The van der Waals surface area contributed by atoms with E-state index in [1.54, 1.807) is 13.8 Å². The molecule has 492 valence electrons. The van der Waals surface area contributed by atoms with Crippen molar-refractivity contribution in [1.82, 2.24) is 62.6 Å². The van der Waals surface area contributed by atoms with Crippen LogP contribution in [0.2, 0.25) is 0 Å². The molecule has 0 radical (unpaired) electrons. The number of esters is 1. The number of nitrogens with one attached hydrogen (secondary N) is 9. The number of ether oxygens (including phenoxy) is 1. The fourth-order valence-electron chi connectivity index (χ4n) is 11.1. The van der Waals surface area contributed by atoms with Gasteiger partial charge in [-0.1, -0.05) is 55.4 Å². The predicted octanol–water partition coefficient (Wildman–Crippen LogP) is 1.36. The minimum Gasteiger partial charge on any atom is -0.464 e. The Morgan fingerprint density at radius 3 is 1.20 bits per heavy atom. The molecule has 87 heavy (non-hydrogen) atoms. The molecule has 0 aromatic heterocycles. The molecule has 8 atom stereocenters. The molecule has 26 heteroatoms. The fourth-order valence-corrected chi connectivity index (χ4v) is 11.1. The highest BCUT2D eigenvalue weighted by molar-refractivity contribution is 6.01. The summed E-state index contributed by atoms with van der Waals surface area (Å²) in [4.78, 5) is 181. The lowest BCUT2D eigenvalue weighted by molar-refractivity contribution is -0.147. The molecule has 0 bridgehead atoms. The summed E-state index contributed by atoms with van der Waals surface area (Å²) >= 11 is 0. The van der Waals surface area contributed by atoms with Gasteiger partial charge in [0, 0.05) is 33.5 Å². The molecule has 26 nitrogen and oxygen atoms in total. The van der Waals surface area contributed by atoms with Crippen LogP contribution in [0.5, 0.6) is 0 Å². The Morgan fingerprint density at radius 1 is 0.437 bits per heavy atom. The first-order chi connectivity index (χ1) is 40.0. The largest absolute Gasteiger partial charge is 0.464 e. The Kier molecular flexibility index (Phi) is 26.8. The number of nitrogens with zero attached hydrogens (tertiary/aromatic N) is 3. The van der Waals surface area contributed by atoms with Crippen molar-refractivity contribution in [2.45, 2.75) is 260 Å². The van der Waals surface area contributed by atoms with E-state index in [4.69, 9.17) is 4.74 Å². The second-order valence-corrected chi connectivity index (χ2v) is 27.6. The van der Waals surface area contributed by atoms with E-state index in [0.29, 0.717) is 38.5 Å². The molecule has 0 aromatic carbocycles. The summed E-state index contributed by atoms with van der Waals surface area (Å²) in [5.74, 6) is -7.88. The molecule has 3 saturated heterocycles. The molecule has 3 aliphatic heterocycles. The zero-order valence-corrected chi connectivity index (χ0v) is 55.2. The van der Waals surface area contributed by atoms with Gasteiger partial charge in [0.05, 0.1) is 6.04 Å². The molecule has 0 unspecified atom stereocenters. The SMILES string of the molecule is CC(=O)N[C@@H](CC(C)C)C(=O)NC(C)(C)C(=O)N1CCC[C@H]1C(=O)NC(C)(C)C(=O)N[C@@H](CC(C)C)C(=O)NC(C)(C)C(=O)N1CCC[C@H]1C(=O)N[C@@H](C)C(=O)NC(C)(C)C(=O)N1CCC[C@H]1C(=O)N[C@H](C(=O)N[C@H](COC(C)=O)CC(C)C)C(C)C. The lowest BCUT2D eigenvalue weighted by atomic mass is 9.97. The molecule has 0 saturated carbocycles. The highest BCUT2D eigenvalue weighted by Gasteiger charge is 2.48. The van der Waals surface area contributed by atoms with Crippen LogP contribution in [-0.4, -0.2) is 188 Å². The van der Waals surface area contributed by atoms with Crippen molar-refractivity contribution < 1.29 is 67.1 Å². The van der Waals surface area contributed by atoms with Crippen LogP contribution < -0.4 is 47.9 Å². The van der Waals surface area contributed by atoms with Crippen LogP contribution in [0.3, 0.4) is 0 Å². The van der Waals surface area contributed by atoms with Gasteiger partial charge in [-0.2, -0.15) is 0 Å². The van der Waals surface area contributed by atoms with E-state index < -0.39 is 147 Å². The van der Waals surface area contributed by atoms with Crippen LogP contribution in [0.1, 0.15) is 189 Å². The Labute approximate surface area is 514 Å². The molecule has 9 N–H and O–H groups in total. The first-order valence-electron chi connectivity index (χ1n) is 30.9. The average molecular weight is 1230 g/mol. The number of likely N-dealkylation sites (tertiary alicyclic amines) is 3. The zero-order chi connectivity index (χ0) is 66.4. The van der Waals surface area contributed by atoms with E-state index >= 15 is 0 Å². The van der Waals surface area contributed by atoms with Crippen molar-refractivity contribution in [3.8, 4) is 0 Å². The lowest BCUT2D eigenvalue weighted by Gasteiger charge is -2.36. The maximum atomic E-state index is 14.4. The van der Waals surface area contributed by atoms with Gasteiger partial charge in [0.1, 0.15) is 71.1 Å².